The number of ether oxygens (including phenoxy) is 3. The molecule has 3 N–H and O–H groups in total. The minimum absolute atomic E-state index is 0.265. The van der Waals surface area contributed by atoms with Gasteiger partial charge < -0.3 is 29.5 Å². The largest absolute Gasteiger partial charge is 0.481 e. The van der Waals surface area contributed by atoms with Crippen LogP contribution < -0.4 is 0 Å². The van der Waals surface area contributed by atoms with Gasteiger partial charge in [0.2, 0.25) is 0 Å². The van der Waals surface area contributed by atoms with Crippen LogP contribution >= 0.6 is 0 Å². The van der Waals surface area contributed by atoms with Gasteiger partial charge in [-0.15, -0.1) is 0 Å². The van der Waals surface area contributed by atoms with Crippen LogP contribution in [-0.4, -0.2) is 66.2 Å². The average Bonchev–Trinajstić information content (AvgIpc) is 2.55. The summed E-state index contributed by atoms with van der Waals surface area (Å²) in [6.07, 6.45) is 2.72. The van der Waals surface area contributed by atoms with E-state index in [1.54, 1.807) is 12.2 Å². The second kappa shape index (κ2) is 10.8. The van der Waals surface area contributed by atoms with Gasteiger partial charge in [-0.1, -0.05) is 38.3 Å². The van der Waals surface area contributed by atoms with Crippen LogP contribution in [0.1, 0.15) is 39.0 Å². The van der Waals surface area contributed by atoms with Crippen LogP contribution in [0.25, 0.3) is 0 Å². The highest BCUT2D eigenvalue weighted by atomic mass is 16.7. The summed E-state index contributed by atoms with van der Waals surface area (Å²) in [6, 6.07) is 0. The van der Waals surface area contributed by atoms with Gasteiger partial charge in [0, 0.05) is 20.1 Å². The number of hydrogen-bond acceptors (Lipinski definition) is 6. The molecule has 1 heterocycles. The molecule has 2 unspecified atom stereocenters. The van der Waals surface area contributed by atoms with Crippen LogP contribution in [0.5, 0.6) is 0 Å². The van der Waals surface area contributed by atoms with Gasteiger partial charge in [-0.2, -0.15) is 0 Å². The molecule has 0 aliphatic carbocycles. The molecule has 0 spiro atoms. The van der Waals surface area contributed by atoms with Crippen LogP contribution in [0.3, 0.4) is 0 Å². The van der Waals surface area contributed by atoms with E-state index in [4.69, 9.17) is 19.3 Å². The van der Waals surface area contributed by atoms with Crippen molar-refractivity contribution in [2.45, 2.75) is 69.7 Å². The maximum Gasteiger partial charge on any atom is 0.303 e. The zero-order valence-corrected chi connectivity index (χ0v) is 14.6. The monoisotopic (exact) mass is 346 g/mol. The summed E-state index contributed by atoms with van der Waals surface area (Å²) in [5, 5.41) is 29.5. The number of carboxylic acids is 1. The van der Waals surface area contributed by atoms with E-state index < -0.39 is 42.6 Å². The van der Waals surface area contributed by atoms with Crippen molar-refractivity contribution >= 4 is 5.97 Å². The first-order valence-corrected chi connectivity index (χ1v) is 8.41. The molecule has 1 saturated heterocycles. The highest BCUT2D eigenvalue weighted by Crippen LogP contribution is 2.31. The SMILES string of the molecule is CCCCCC(O)C=C[C@H]1O[C@H](OC)C(OC)[C@H](O)[C@@H]1CC(=O)O. The van der Waals surface area contributed by atoms with E-state index in [1.807, 2.05) is 0 Å². The number of hydrogen-bond donors (Lipinski definition) is 3. The third-order valence-electron chi connectivity index (χ3n) is 4.30. The summed E-state index contributed by atoms with van der Waals surface area (Å²) in [6.45, 7) is 2.09. The molecule has 24 heavy (non-hydrogen) atoms. The Morgan fingerprint density at radius 2 is 2.00 bits per heavy atom. The Morgan fingerprint density at radius 3 is 2.54 bits per heavy atom. The van der Waals surface area contributed by atoms with E-state index in [0.717, 1.165) is 19.3 Å². The first-order chi connectivity index (χ1) is 11.4. The molecule has 0 aromatic carbocycles. The molecule has 0 saturated carbocycles. The fraction of sp³-hybridized carbons (Fsp3) is 0.824. The van der Waals surface area contributed by atoms with Gasteiger partial charge in [0.05, 0.1) is 24.7 Å². The first kappa shape index (κ1) is 21.1. The fourth-order valence-electron chi connectivity index (χ4n) is 2.94. The quantitative estimate of drug-likeness (QED) is 0.405. The molecule has 0 aromatic heterocycles. The lowest BCUT2D eigenvalue weighted by Crippen LogP contribution is -2.55. The fourth-order valence-corrected chi connectivity index (χ4v) is 2.94. The summed E-state index contributed by atoms with van der Waals surface area (Å²) in [4.78, 5) is 11.1. The number of aliphatic carboxylic acids is 1. The van der Waals surface area contributed by atoms with Crippen molar-refractivity contribution < 1.29 is 34.3 Å². The molecule has 1 aliphatic heterocycles. The van der Waals surface area contributed by atoms with Gasteiger partial charge in [0.25, 0.3) is 0 Å². The molecule has 0 aromatic rings. The topological polar surface area (TPSA) is 105 Å². The predicted octanol–water partition coefficient (Wildman–Crippen LogP) is 1.32. The highest BCUT2D eigenvalue weighted by Gasteiger charge is 2.45. The number of carbonyl (C=O) groups is 1. The number of carboxylic acid groups (broad SMARTS) is 1. The average molecular weight is 346 g/mol. The Labute approximate surface area is 143 Å². The van der Waals surface area contributed by atoms with Gasteiger partial charge in [0.1, 0.15) is 6.10 Å². The maximum absolute atomic E-state index is 11.1. The van der Waals surface area contributed by atoms with E-state index in [2.05, 4.69) is 6.92 Å². The van der Waals surface area contributed by atoms with E-state index in [9.17, 15) is 15.0 Å². The zero-order chi connectivity index (χ0) is 18.1. The van der Waals surface area contributed by atoms with Crippen molar-refractivity contribution in [3.63, 3.8) is 0 Å². The van der Waals surface area contributed by atoms with E-state index in [-0.39, 0.29) is 6.42 Å². The number of methoxy groups -OCH3 is 2. The van der Waals surface area contributed by atoms with Gasteiger partial charge in [0.15, 0.2) is 6.29 Å². The minimum atomic E-state index is -1.04. The molecule has 0 amide bonds. The smallest absolute Gasteiger partial charge is 0.303 e. The normalized spacial score (nSPS) is 32.1. The Kier molecular flexibility index (Phi) is 9.46. The Balaban J connectivity index is 2.80. The zero-order valence-electron chi connectivity index (χ0n) is 14.6. The van der Waals surface area contributed by atoms with E-state index in [0.29, 0.717) is 6.42 Å². The van der Waals surface area contributed by atoms with Crippen LogP contribution in [-0.2, 0) is 19.0 Å². The Hall–Kier alpha value is -0.990. The van der Waals surface area contributed by atoms with Crippen LogP contribution in [0.4, 0.5) is 0 Å². The maximum atomic E-state index is 11.1. The lowest BCUT2D eigenvalue weighted by Gasteiger charge is -2.42. The molecule has 1 aliphatic rings. The lowest BCUT2D eigenvalue weighted by molar-refractivity contribution is -0.274. The van der Waals surface area contributed by atoms with Gasteiger partial charge >= 0.3 is 5.97 Å². The summed E-state index contributed by atoms with van der Waals surface area (Å²) >= 11 is 0. The highest BCUT2D eigenvalue weighted by molar-refractivity contribution is 5.67. The first-order valence-electron chi connectivity index (χ1n) is 8.41. The molecule has 6 atom stereocenters. The van der Waals surface area contributed by atoms with E-state index in [1.165, 1.54) is 14.2 Å². The van der Waals surface area contributed by atoms with Crippen LogP contribution in [0.15, 0.2) is 12.2 Å². The second-order valence-electron chi connectivity index (χ2n) is 6.11. The molecule has 1 fully saturated rings. The molecule has 7 nitrogen and oxygen atoms in total. The summed E-state index contributed by atoms with van der Waals surface area (Å²) < 4.78 is 16.1. The number of aliphatic hydroxyl groups is 2. The predicted molar refractivity (Wildman–Crippen MR) is 87.5 cm³/mol. The third-order valence-corrected chi connectivity index (χ3v) is 4.30. The van der Waals surface area contributed by atoms with Gasteiger partial charge in [-0.05, 0) is 6.42 Å². The molecule has 7 heteroatoms. The number of aliphatic hydroxyl groups excluding tert-OH is 2. The summed E-state index contributed by atoms with van der Waals surface area (Å²) in [7, 11) is 2.84. The van der Waals surface area contributed by atoms with Crippen molar-refractivity contribution in [1.82, 2.24) is 0 Å². The number of rotatable bonds is 10. The lowest BCUT2D eigenvalue weighted by atomic mass is 9.85. The third kappa shape index (κ3) is 6.14. The van der Waals surface area contributed by atoms with Crippen molar-refractivity contribution in [2.75, 3.05) is 14.2 Å². The Morgan fingerprint density at radius 1 is 1.29 bits per heavy atom. The van der Waals surface area contributed by atoms with Crippen LogP contribution in [0.2, 0.25) is 0 Å². The molecule has 0 bridgehead atoms. The molecule has 0 radical (unpaired) electrons. The standard InChI is InChI=1S/C17H30O7/c1-4-5-6-7-11(18)8-9-13-12(10-14(19)20)15(21)16(22-2)17(23-3)24-13/h8-9,11-13,15-18,21H,4-7,10H2,1-3H3,(H,19,20)/t11?,12-,13-,15-,16?,17+/m1/s1. The summed E-state index contributed by atoms with van der Waals surface area (Å²) in [5.74, 6) is -1.71. The molecule has 140 valence electrons. The van der Waals surface area contributed by atoms with Crippen molar-refractivity contribution in [1.29, 1.82) is 0 Å². The molecular formula is C17H30O7. The van der Waals surface area contributed by atoms with Crippen molar-refractivity contribution in [3.8, 4) is 0 Å². The van der Waals surface area contributed by atoms with Crippen LogP contribution in [0, 0.1) is 5.92 Å². The Bertz CT molecular complexity index is 398. The minimum Gasteiger partial charge on any atom is -0.481 e. The van der Waals surface area contributed by atoms with Gasteiger partial charge in [-0.25, -0.2) is 0 Å². The van der Waals surface area contributed by atoms with Gasteiger partial charge in [-0.3, -0.25) is 4.79 Å². The molecular weight excluding hydrogens is 316 g/mol. The van der Waals surface area contributed by atoms with E-state index >= 15 is 0 Å². The number of unbranched alkanes of at least 4 members (excludes halogenated alkanes) is 2. The van der Waals surface area contributed by atoms with Crippen molar-refractivity contribution in [2.24, 2.45) is 5.92 Å². The summed E-state index contributed by atoms with van der Waals surface area (Å²) in [5.41, 5.74) is 0. The van der Waals surface area contributed by atoms with Crippen molar-refractivity contribution in [3.05, 3.63) is 12.2 Å². The second-order valence-corrected chi connectivity index (χ2v) is 6.11. The molecule has 1 rings (SSSR count).